The second kappa shape index (κ2) is 3.61. The van der Waals surface area contributed by atoms with Gasteiger partial charge in [0, 0.05) is 6.20 Å². The SMILES string of the molecule is O=S(=O)(c1ccccn1)C(Cl)(Cl)Cl. The largest absolute Gasteiger partial charge is 0.298 e. The van der Waals surface area contributed by atoms with E-state index in [9.17, 15) is 8.42 Å². The van der Waals surface area contributed by atoms with Crippen molar-refractivity contribution in [3.05, 3.63) is 24.4 Å². The van der Waals surface area contributed by atoms with Gasteiger partial charge in [0.15, 0.2) is 5.03 Å². The second-order valence-electron chi connectivity index (χ2n) is 2.12. The normalized spacial score (nSPS) is 12.8. The number of halogens is 3. The standard InChI is InChI=1S/C6H4Cl3NO2S/c7-6(8,9)13(11,12)5-3-1-2-4-10-5/h1-4H. The molecule has 72 valence electrons. The number of aromatic nitrogens is 1. The molecule has 0 N–H and O–H groups in total. The van der Waals surface area contributed by atoms with Gasteiger partial charge in [-0.1, -0.05) is 40.9 Å². The number of pyridine rings is 1. The van der Waals surface area contributed by atoms with Gasteiger partial charge in [-0.15, -0.1) is 0 Å². The van der Waals surface area contributed by atoms with Gasteiger partial charge in [-0.2, -0.15) is 0 Å². The summed E-state index contributed by atoms with van der Waals surface area (Å²) >= 11 is 15.8. The summed E-state index contributed by atoms with van der Waals surface area (Å²) in [5.74, 6) is 0. The van der Waals surface area contributed by atoms with Crippen LogP contribution in [0.1, 0.15) is 0 Å². The molecule has 0 bridgehead atoms. The summed E-state index contributed by atoms with van der Waals surface area (Å²) in [4.78, 5) is 3.58. The minimum Gasteiger partial charge on any atom is -0.245 e. The monoisotopic (exact) mass is 259 g/mol. The fourth-order valence-corrected chi connectivity index (χ4v) is 2.03. The predicted octanol–water partition coefficient (Wildman–Crippen LogP) is 2.18. The Labute approximate surface area is 90.6 Å². The molecular weight excluding hydrogens is 256 g/mol. The van der Waals surface area contributed by atoms with Gasteiger partial charge in [-0.05, 0) is 12.1 Å². The van der Waals surface area contributed by atoms with Gasteiger partial charge in [0.05, 0.1) is 0 Å². The highest BCUT2D eigenvalue weighted by molar-refractivity contribution is 7.97. The minimum atomic E-state index is -3.99. The maximum absolute atomic E-state index is 11.4. The summed E-state index contributed by atoms with van der Waals surface area (Å²) in [6, 6.07) is 4.32. The number of nitrogens with zero attached hydrogens (tertiary/aromatic N) is 1. The van der Waals surface area contributed by atoms with E-state index in [1.165, 1.54) is 18.3 Å². The highest BCUT2D eigenvalue weighted by Crippen LogP contribution is 2.36. The van der Waals surface area contributed by atoms with E-state index in [1.54, 1.807) is 6.07 Å². The third-order valence-corrected chi connectivity index (χ3v) is 4.45. The van der Waals surface area contributed by atoms with E-state index < -0.39 is 13.0 Å². The van der Waals surface area contributed by atoms with Crippen molar-refractivity contribution < 1.29 is 8.42 Å². The summed E-state index contributed by atoms with van der Waals surface area (Å²) in [5.41, 5.74) is 0. The first-order chi connectivity index (χ1) is 5.86. The molecule has 7 heteroatoms. The van der Waals surface area contributed by atoms with Gasteiger partial charge in [0.2, 0.25) is 9.84 Å². The molecule has 1 heterocycles. The first-order valence-corrected chi connectivity index (χ1v) is 5.70. The fourth-order valence-electron chi connectivity index (χ4n) is 0.625. The van der Waals surface area contributed by atoms with Crippen LogP contribution in [0.4, 0.5) is 0 Å². The van der Waals surface area contributed by atoms with Gasteiger partial charge in [-0.25, -0.2) is 13.4 Å². The molecule has 0 spiro atoms. The Morgan fingerprint density at radius 3 is 2.23 bits per heavy atom. The first kappa shape index (κ1) is 11.0. The van der Waals surface area contributed by atoms with Crippen LogP contribution in [0.3, 0.4) is 0 Å². The van der Waals surface area contributed by atoms with E-state index in [0.29, 0.717) is 0 Å². The highest BCUT2D eigenvalue weighted by atomic mass is 35.6. The highest BCUT2D eigenvalue weighted by Gasteiger charge is 2.40. The van der Waals surface area contributed by atoms with Crippen LogP contribution in [0.2, 0.25) is 0 Å². The van der Waals surface area contributed by atoms with Gasteiger partial charge in [0.1, 0.15) is 0 Å². The zero-order valence-electron chi connectivity index (χ0n) is 6.12. The number of rotatable bonds is 1. The lowest BCUT2D eigenvalue weighted by Crippen LogP contribution is -2.20. The van der Waals surface area contributed by atoms with E-state index >= 15 is 0 Å². The molecule has 0 aliphatic rings. The summed E-state index contributed by atoms with van der Waals surface area (Å²) in [7, 11) is -3.99. The van der Waals surface area contributed by atoms with Gasteiger partial charge in [0.25, 0.3) is 3.12 Å². The average Bonchev–Trinajstić information content (AvgIpc) is 2.04. The fraction of sp³-hybridized carbons (Fsp3) is 0.167. The molecule has 0 radical (unpaired) electrons. The molecule has 0 aliphatic carbocycles. The average molecular weight is 261 g/mol. The van der Waals surface area contributed by atoms with E-state index in [2.05, 4.69) is 4.98 Å². The molecule has 13 heavy (non-hydrogen) atoms. The predicted molar refractivity (Wildman–Crippen MR) is 51.7 cm³/mol. The first-order valence-electron chi connectivity index (χ1n) is 3.08. The lowest BCUT2D eigenvalue weighted by atomic mass is 10.5. The van der Waals surface area contributed by atoms with E-state index in [0.717, 1.165) is 0 Å². The van der Waals surface area contributed by atoms with Gasteiger partial charge >= 0.3 is 0 Å². The van der Waals surface area contributed by atoms with Crippen molar-refractivity contribution in [2.45, 2.75) is 8.15 Å². The van der Waals surface area contributed by atoms with Crippen LogP contribution in [-0.4, -0.2) is 16.5 Å². The van der Waals surface area contributed by atoms with Crippen LogP contribution >= 0.6 is 34.8 Å². The molecule has 0 aliphatic heterocycles. The Hall–Kier alpha value is -0.0300. The van der Waals surface area contributed by atoms with Crippen molar-refractivity contribution in [2.24, 2.45) is 0 Å². The summed E-state index contributed by atoms with van der Waals surface area (Å²) in [6.07, 6.45) is 1.31. The van der Waals surface area contributed by atoms with Crippen molar-refractivity contribution >= 4 is 44.6 Å². The van der Waals surface area contributed by atoms with Crippen LogP contribution in [0, 0.1) is 0 Å². The summed E-state index contributed by atoms with van der Waals surface area (Å²) < 4.78 is 20.4. The molecule has 1 rings (SSSR count). The lowest BCUT2D eigenvalue weighted by molar-refractivity contribution is 0.592. The summed E-state index contributed by atoms with van der Waals surface area (Å²) in [6.45, 7) is 0. The smallest absolute Gasteiger partial charge is 0.245 e. The molecule has 0 amide bonds. The molecule has 1 aromatic rings. The topological polar surface area (TPSA) is 47.0 Å². The molecule has 0 saturated carbocycles. The van der Waals surface area contributed by atoms with Crippen LogP contribution in [0.5, 0.6) is 0 Å². The third kappa shape index (κ3) is 2.26. The maximum Gasteiger partial charge on any atom is 0.298 e. The minimum absolute atomic E-state index is 0.255. The van der Waals surface area contributed by atoms with Crippen molar-refractivity contribution in [3.63, 3.8) is 0 Å². The molecule has 0 saturated heterocycles. The Morgan fingerprint density at radius 2 is 1.85 bits per heavy atom. The molecule has 0 atom stereocenters. The molecular formula is C6H4Cl3NO2S. The van der Waals surface area contributed by atoms with E-state index in [1.807, 2.05) is 0 Å². The lowest BCUT2D eigenvalue weighted by Gasteiger charge is -2.10. The van der Waals surface area contributed by atoms with Gasteiger partial charge < -0.3 is 0 Å². The van der Waals surface area contributed by atoms with Gasteiger partial charge in [-0.3, -0.25) is 0 Å². The Bertz CT molecular complexity index is 384. The molecule has 0 fully saturated rings. The zero-order valence-corrected chi connectivity index (χ0v) is 9.20. The summed E-state index contributed by atoms with van der Waals surface area (Å²) in [5, 5.41) is -0.255. The van der Waals surface area contributed by atoms with Crippen LogP contribution in [-0.2, 0) is 9.84 Å². The Kier molecular flexibility index (Phi) is 3.07. The van der Waals surface area contributed by atoms with E-state index in [-0.39, 0.29) is 5.03 Å². The number of hydrogen-bond acceptors (Lipinski definition) is 3. The van der Waals surface area contributed by atoms with Crippen LogP contribution in [0.25, 0.3) is 0 Å². The van der Waals surface area contributed by atoms with Crippen molar-refractivity contribution in [1.29, 1.82) is 0 Å². The molecule has 0 aromatic carbocycles. The van der Waals surface area contributed by atoms with Crippen molar-refractivity contribution in [1.82, 2.24) is 4.98 Å². The quantitative estimate of drug-likeness (QED) is 0.727. The molecule has 3 nitrogen and oxygen atoms in total. The number of sulfone groups is 1. The maximum atomic E-state index is 11.4. The van der Waals surface area contributed by atoms with Crippen molar-refractivity contribution in [2.75, 3.05) is 0 Å². The van der Waals surface area contributed by atoms with E-state index in [4.69, 9.17) is 34.8 Å². The Morgan fingerprint density at radius 1 is 1.23 bits per heavy atom. The number of hydrogen-bond donors (Lipinski definition) is 0. The molecule has 0 unspecified atom stereocenters. The number of alkyl halides is 3. The van der Waals surface area contributed by atoms with Crippen LogP contribution in [0.15, 0.2) is 29.4 Å². The van der Waals surface area contributed by atoms with Crippen molar-refractivity contribution in [3.8, 4) is 0 Å². The zero-order chi connectivity index (χ0) is 10.1. The third-order valence-electron chi connectivity index (χ3n) is 1.22. The second-order valence-corrected chi connectivity index (χ2v) is 7.11. The molecule has 1 aromatic heterocycles. The van der Waals surface area contributed by atoms with Crippen LogP contribution < -0.4 is 0 Å². The Balaban J connectivity index is 3.26.